The molecule has 0 atom stereocenters. The minimum Gasteiger partial charge on any atom is -0.486 e. The lowest BCUT2D eigenvalue weighted by atomic mass is 10.0. The van der Waals surface area contributed by atoms with Crippen molar-refractivity contribution in [1.29, 1.82) is 0 Å². The first-order chi connectivity index (χ1) is 9.74. The van der Waals surface area contributed by atoms with E-state index < -0.39 is 0 Å². The van der Waals surface area contributed by atoms with Crippen LogP contribution in [0.2, 0.25) is 0 Å². The molecule has 2 aromatic rings. The van der Waals surface area contributed by atoms with E-state index in [1.54, 1.807) is 6.07 Å². The summed E-state index contributed by atoms with van der Waals surface area (Å²) < 4.78 is 11.1. The molecule has 0 aromatic heterocycles. The van der Waals surface area contributed by atoms with Gasteiger partial charge in [0.15, 0.2) is 17.3 Å². The van der Waals surface area contributed by atoms with Crippen molar-refractivity contribution in [1.82, 2.24) is 0 Å². The fourth-order valence-corrected chi connectivity index (χ4v) is 2.28. The lowest BCUT2D eigenvalue weighted by Gasteiger charge is -2.20. The highest BCUT2D eigenvalue weighted by Gasteiger charge is 2.20. The molecule has 3 heteroatoms. The largest absolute Gasteiger partial charge is 0.486 e. The molecule has 1 aliphatic heterocycles. The van der Waals surface area contributed by atoms with Crippen molar-refractivity contribution in [2.24, 2.45) is 0 Å². The predicted octanol–water partition coefficient (Wildman–Crippen LogP) is 3.19. The van der Waals surface area contributed by atoms with Gasteiger partial charge in [0.2, 0.25) is 0 Å². The number of ether oxygens (including phenoxy) is 2. The molecule has 0 saturated heterocycles. The van der Waals surface area contributed by atoms with Crippen molar-refractivity contribution in [2.75, 3.05) is 13.2 Å². The first-order valence-corrected chi connectivity index (χ1v) is 6.71. The summed E-state index contributed by atoms with van der Waals surface area (Å²) in [4.78, 5) is 12.4. The van der Waals surface area contributed by atoms with Crippen molar-refractivity contribution in [3.8, 4) is 11.5 Å². The Bertz CT molecular complexity index is 629. The summed E-state index contributed by atoms with van der Waals surface area (Å²) in [6.07, 6.45) is 0.375. The molecule has 102 valence electrons. The Morgan fingerprint density at radius 2 is 1.80 bits per heavy atom. The SMILES string of the molecule is Cc1ccc(CC(=O)c2cccc3c2OCCO3)cc1. The van der Waals surface area contributed by atoms with E-state index in [9.17, 15) is 4.79 Å². The number of Topliss-reactive ketones (excluding diaryl/α,β-unsaturated/α-hetero) is 1. The van der Waals surface area contributed by atoms with E-state index in [-0.39, 0.29) is 5.78 Å². The van der Waals surface area contributed by atoms with Gasteiger partial charge in [0.25, 0.3) is 0 Å². The number of hydrogen-bond donors (Lipinski definition) is 0. The van der Waals surface area contributed by atoms with Crippen molar-refractivity contribution >= 4 is 5.78 Å². The summed E-state index contributed by atoms with van der Waals surface area (Å²) in [6.45, 7) is 3.05. The van der Waals surface area contributed by atoms with Gasteiger partial charge in [0.05, 0.1) is 5.56 Å². The fraction of sp³-hybridized carbons (Fsp3) is 0.235. The first-order valence-electron chi connectivity index (χ1n) is 6.71. The number of carbonyl (C=O) groups is 1. The van der Waals surface area contributed by atoms with Crippen LogP contribution in [0, 0.1) is 6.92 Å². The van der Waals surface area contributed by atoms with Gasteiger partial charge in [-0.05, 0) is 24.6 Å². The summed E-state index contributed by atoms with van der Waals surface area (Å²) in [7, 11) is 0. The van der Waals surface area contributed by atoms with Crippen LogP contribution in [0.5, 0.6) is 11.5 Å². The third kappa shape index (κ3) is 2.52. The lowest BCUT2D eigenvalue weighted by molar-refractivity contribution is 0.0982. The van der Waals surface area contributed by atoms with Crippen molar-refractivity contribution in [3.63, 3.8) is 0 Å². The zero-order valence-corrected chi connectivity index (χ0v) is 11.4. The monoisotopic (exact) mass is 268 g/mol. The molecule has 3 nitrogen and oxygen atoms in total. The zero-order valence-electron chi connectivity index (χ0n) is 11.4. The van der Waals surface area contributed by atoms with E-state index in [0.717, 1.165) is 5.56 Å². The molecular formula is C17H16O3. The average Bonchev–Trinajstić information content (AvgIpc) is 2.49. The number of carbonyl (C=O) groups excluding carboxylic acids is 1. The highest BCUT2D eigenvalue weighted by Crippen LogP contribution is 2.34. The van der Waals surface area contributed by atoms with Gasteiger partial charge in [-0.25, -0.2) is 0 Å². The smallest absolute Gasteiger partial charge is 0.172 e. The van der Waals surface area contributed by atoms with Gasteiger partial charge < -0.3 is 9.47 Å². The van der Waals surface area contributed by atoms with Crippen LogP contribution >= 0.6 is 0 Å². The fourth-order valence-electron chi connectivity index (χ4n) is 2.28. The van der Waals surface area contributed by atoms with Crippen LogP contribution in [-0.4, -0.2) is 19.0 Å². The number of hydrogen-bond acceptors (Lipinski definition) is 3. The van der Waals surface area contributed by atoms with Gasteiger partial charge in [0.1, 0.15) is 13.2 Å². The Balaban J connectivity index is 1.85. The molecule has 0 saturated carbocycles. The van der Waals surface area contributed by atoms with E-state index in [0.29, 0.717) is 36.7 Å². The Kier molecular flexibility index (Phi) is 3.42. The van der Waals surface area contributed by atoms with Crippen LogP contribution < -0.4 is 9.47 Å². The standard InChI is InChI=1S/C17H16O3/c1-12-5-7-13(8-6-12)11-15(18)14-3-2-4-16-17(14)20-10-9-19-16/h2-8H,9-11H2,1H3. The molecule has 3 rings (SSSR count). The van der Waals surface area contributed by atoms with E-state index >= 15 is 0 Å². The Labute approximate surface area is 118 Å². The van der Waals surface area contributed by atoms with E-state index in [2.05, 4.69) is 0 Å². The van der Waals surface area contributed by atoms with Crippen molar-refractivity contribution in [3.05, 3.63) is 59.2 Å². The third-order valence-electron chi connectivity index (χ3n) is 3.35. The minimum absolute atomic E-state index is 0.0520. The molecule has 0 amide bonds. The van der Waals surface area contributed by atoms with Crippen LogP contribution in [0.25, 0.3) is 0 Å². The Morgan fingerprint density at radius 1 is 1.05 bits per heavy atom. The topological polar surface area (TPSA) is 35.5 Å². The van der Waals surface area contributed by atoms with E-state index in [1.165, 1.54) is 5.56 Å². The van der Waals surface area contributed by atoms with Crippen LogP contribution in [0.3, 0.4) is 0 Å². The molecule has 1 aliphatic rings. The van der Waals surface area contributed by atoms with Gasteiger partial charge in [0, 0.05) is 6.42 Å². The second-order valence-corrected chi connectivity index (χ2v) is 4.92. The Hall–Kier alpha value is -2.29. The molecule has 0 N–H and O–H groups in total. The maximum atomic E-state index is 12.4. The molecule has 1 heterocycles. The Morgan fingerprint density at radius 3 is 2.60 bits per heavy atom. The number of fused-ring (bicyclic) bond motifs is 1. The zero-order chi connectivity index (χ0) is 13.9. The summed E-state index contributed by atoms with van der Waals surface area (Å²) in [5.74, 6) is 1.29. The minimum atomic E-state index is 0.0520. The molecule has 0 fully saturated rings. The van der Waals surface area contributed by atoms with Gasteiger partial charge in [-0.2, -0.15) is 0 Å². The van der Waals surface area contributed by atoms with Crippen LogP contribution in [0.1, 0.15) is 21.5 Å². The number of para-hydroxylation sites is 1. The van der Waals surface area contributed by atoms with Crippen molar-refractivity contribution < 1.29 is 14.3 Å². The normalized spacial score (nSPS) is 13.1. The van der Waals surface area contributed by atoms with Crippen molar-refractivity contribution in [2.45, 2.75) is 13.3 Å². The molecule has 0 unspecified atom stereocenters. The molecule has 0 radical (unpaired) electrons. The summed E-state index contributed by atoms with van der Waals surface area (Å²) in [5, 5.41) is 0. The van der Waals surface area contributed by atoms with E-state index in [4.69, 9.17) is 9.47 Å². The lowest BCUT2D eigenvalue weighted by Crippen LogP contribution is -2.18. The third-order valence-corrected chi connectivity index (χ3v) is 3.35. The summed E-state index contributed by atoms with van der Waals surface area (Å²) in [6, 6.07) is 13.5. The molecule has 0 bridgehead atoms. The number of benzene rings is 2. The highest BCUT2D eigenvalue weighted by molar-refractivity contribution is 6.00. The van der Waals surface area contributed by atoms with Gasteiger partial charge in [-0.3, -0.25) is 4.79 Å². The maximum absolute atomic E-state index is 12.4. The van der Waals surface area contributed by atoms with Gasteiger partial charge >= 0.3 is 0 Å². The average molecular weight is 268 g/mol. The first kappa shape index (κ1) is 12.7. The highest BCUT2D eigenvalue weighted by atomic mass is 16.6. The predicted molar refractivity (Wildman–Crippen MR) is 76.6 cm³/mol. The number of ketones is 1. The van der Waals surface area contributed by atoms with Gasteiger partial charge in [-0.1, -0.05) is 35.9 Å². The van der Waals surface area contributed by atoms with Crippen LogP contribution in [0.4, 0.5) is 0 Å². The molecule has 2 aromatic carbocycles. The van der Waals surface area contributed by atoms with Crippen LogP contribution in [0.15, 0.2) is 42.5 Å². The van der Waals surface area contributed by atoms with Crippen LogP contribution in [-0.2, 0) is 6.42 Å². The molecule has 0 aliphatic carbocycles. The summed E-state index contributed by atoms with van der Waals surface area (Å²) >= 11 is 0. The van der Waals surface area contributed by atoms with E-state index in [1.807, 2.05) is 43.3 Å². The number of aryl methyl sites for hydroxylation is 1. The molecule has 20 heavy (non-hydrogen) atoms. The number of rotatable bonds is 3. The molecular weight excluding hydrogens is 252 g/mol. The maximum Gasteiger partial charge on any atom is 0.172 e. The summed E-state index contributed by atoms with van der Waals surface area (Å²) in [5.41, 5.74) is 2.80. The quantitative estimate of drug-likeness (QED) is 0.802. The van der Waals surface area contributed by atoms with Gasteiger partial charge in [-0.15, -0.1) is 0 Å². The second-order valence-electron chi connectivity index (χ2n) is 4.92. The second kappa shape index (κ2) is 5.37. The molecule has 0 spiro atoms.